The van der Waals surface area contributed by atoms with Crippen molar-refractivity contribution in [3.63, 3.8) is 0 Å². The molecule has 0 radical (unpaired) electrons. The Morgan fingerprint density at radius 3 is 2.71 bits per heavy atom. The molecule has 0 N–H and O–H groups in total. The van der Waals surface area contributed by atoms with Crippen LogP contribution in [0.1, 0.15) is 50.6 Å². The van der Waals surface area contributed by atoms with Gasteiger partial charge in [-0.25, -0.2) is 4.98 Å². The van der Waals surface area contributed by atoms with Crippen LogP contribution in [-0.2, 0) is 16.1 Å². The van der Waals surface area contributed by atoms with Gasteiger partial charge in [0.1, 0.15) is 12.3 Å². The monoisotopic (exact) mass is 508 g/mol. The third-order valence-corrected chi connectivity index (χ3v) is 8.08. The summed E-state index contributed by atoms with van der Waals surface area (Å²) in [6.07, 6.45) is 9.36. The maximum Gasteiger partial charge on any atom is 0.306 e. The molecule has 4 saturated carbocycles. The first-order valence-corrected chi connectivity index (χ1v) is 11.4. The number of aromatic nitrogens is 2. The Balaban J connectivity index is 1.28. The fourth-order valence-electron chi connectivity index (χ4n) is 6.25. The zero-order valence-electron chi connectivity index (χ0n) is 15.5. The van der Waals surface area contributed by atoms with Crippen molar-refractivity contribution in [2.75, 3.05) is 0 Å². The van der Waals surface area contributed by atoms with Crippen LogP contribution in [0.25, 0.3) is 5.65 Å². The lowest BCUT2D eigenvalue weighted by Gasteiger charge is -2.60. The molecule has 2 aromatic heterocycles. The molecule has 2 heterocycles. The van der Waals surface area contributed by atoms with Gasteiger partial charge in [-0.15, -0.1) is 0 Å². The predicted molar refractivity (Wildman–Crippen MR) is 112 cm³/mol. The van der Waals surface area contributed by atoms with E-state index < -0.39 is 0 Å². The van der Waals surface area contributed by atoms with Gasteiger partial charge in [0.15, 0.2) is 0 Å². The number of nitrogens with zero attached hydrogens (tertiary/aromatic N) is 2. The van der Waals surface area contributed by atoms with Crippen molar-refractivity contribution in [2.45, 2.75) is 55.9 Å². The Morgan fingerprint density at radius 2 is 2.00 bits per heavy atom. The summed E-state index contributed by atoms with van der Waals surface area (Å²) in [6, 6.07) is 5.04. The summed E-state index contributed by atoms with van der Waals surface area (Å²) in [5.74, 6) is 1.32. The smallest absolute Gasteiger partial charge is 0.306 e. The van der Waals surface area contributed by atoms with Crippen LogP contribution in [-0.4, -0.2) is 19.7 Å². The lowest BCUT2D eigenvalue weighted by atomic mass is 9.49. The van der Waals surface area contributed by atoms with E-state index >= 15 is 0 Å². The highest BCUT2D eigenvalue weighted by Gasteiger charge is 2.57. The second kappa shape index (κ2) is 6.66. The lowest BCUT2D eigenvalue weighted by molar-refractivity contribution is -0.152. The van der Waals surface area contributed by atoms with E-state index in [1.54, 1.807) is 12.3 Å². The standard InChI is InChI=1S/C21H22Br2N2O3/c22-15-1-2-17-24-16(4-18(26)25(17)10-15)11-28-19(27)9-20-5-13-3-14(6-20)8-21(23,7-13)12-20/h1-2,4,10,13-14H,3,5-9,11-12H2/t13-,14-,20?,21?/m1/s1. The first-order chi connectivity index (χ1) is 13.3. The summed E-state index contributed by atoms with van der Waals surface area (Å²) in [5.41, 5.74) is 0.944. The van der Waals surface area contributed by atoms with E-state index in [2.05, 4.69) is 36.8 Å². The maximum atomic E-state index is 12.6. The molecule has 4 aliphatic rings. The third kappa shape index (κ3) is 3.45. The molecule has 5 nitrogen and oxygen atoms in total. The average molecular weight is 510 g/mol. The first kappa shape index (κ1) is 18.8. The fraction of sp³-hybridized carbons (Fsp3) is 0.571. The number of carbonyl (C=O) groups excluding carboxylic acids is 1. The van der Waals surface area contributed by atoms with Gasteiger partial charge in [0.25, 0.3) is 5.56 Å². The first-order valence-electron chi connectivity index (χ1n) is 9.84. The quantitative estimate of drug-likeness (QED) is 0.445. The highest BCUT2D eigenvalue weighted by Crippen LogP contribution is 2.65. The van der Waals surface area contributed by atoms with E-state index in [1.807, 2.05) is 6.07 Å². The molecule has 6 rings (SSSR count). The average Bonchev–Trinajstić information content (AvgIpc) is 2.58. The lowest BCUT2D eigenvalue weighted by Crippen LogP contribution is -2.53. The molecule has 4 fully saturated rings. The van der Waals surface area contributed by atoms with Crippen LogP contribution in [0.5, 0.6) is 0 Å². The van der Waals surface area contributed by atoms with Gasteiger partial charge in [0, 0.05) is 21.1 Å². The normalized spacial score (nSPS) is 33.4. The Labute approximate surface area is 180 Å². The molecular formula is C21H22Br2N2O3. The Hall–Kier alpha value is -1.21. The number of fused-ring (bicyclic) bond motifs is 1. The molecule has 148 valence electrons. The second-order valence-electron chi connectivity index (χ2n) is 9.11. The largest absolute Gasteiger partial charge is 0.459 e. The van der Waals surface area contributed by atoms with E-state index in [4.69, 9.17) is 4.74 Å². The molecular weight excluding hydrogens is 488 g/mol. The minimum absolute atomic E-state index is 0.0447. The summed E-state index contributed by atoms with van der Waals surface area (Å²) in [4.78, 5) is 29.4. The van der Waals surface area contributed by atoms with Crippen LogP contribution in [0.3, 0.4) is 0 Å². The number of hydrogen-bond acceptors (Lipinski definition) is 4. The number of pyridine rings is 1. The molecule has 0 saturated heterocycles. The number of halogens is 2. The predicted octanol–water partition coefficient (Wildman–Crippen LogP) is 4.62. The highest BCUT2D eigenvalue weighted by atomic mass is 79.9. The summed E-state index contributed by atoms with van der Waals surface area (Å²) < 4.78 is 8.07. The summed E-state index contributed by atoms with van der Waals surface area (Å²) in [7, 11) is 0. The van der Waals surface area contributed by atoms with Gasteiger partial charge < -0.3 is 4.74 Å². The van der Waals surface area contributed by atoms with Crippen LogP contribution in [0.15, 0.2) is 33.7 Å². The van der Waals surface area contributed by atoms with Gasteiger partial charge in [0.2, 0.25) is 0 Å². The molecule has 2 atom stereocenters. The number of esters is 1. The minimum Gasteiger partial charge on any atom is -0.459 e. The number of carbonyl (C=O) groups is 1. The second-order valence-corrected chi connectivity index (χ2v) is 11.7. The zero-order chi connectivity index (χ0) is 19.5. The number of alkyl halides is 1. The van der Waals surface area contributed by atoms with Crippen molar-refractivity contribution < 1.29 is 9.53 Å². The van der Waals surface area contributed by atoms with Gasteiger partial charge in [-0.05, 0) is 83.8 Å². The Bertz CT molecular complexity index is 1000. The van der Waals surface area contributed by atoms with E-state index in [1.165, 1.54) is 29.7 Å². The van der Waals surface area contributed by atoms with Gasteiger partial charge in [0.05, 0.1) is 12.1 Å². The molecule has 0 unspecified atom stereocenters. The minimum atomic E-state index is -0.181. The van der Waals surface area contributed by atoms with Crippen molar-refractivity contribution >= 4 is 43.5 Å². The third-order valence-electron chi connectivity index (χ3n) is 6.69. The molecule has 4 bridgehead atoms. The molecule has 7 heteroatoms. The van der Waals surface area contributed by atoms with E-state index in [-0.39, 0.29) is 27.9 Å². The van der Waals surface area contributed by atoms with Crippen molar-refractivity contribution in [3.05, 3.63) is 44.9 Å². The summed E-state index contributed by atoms with van der Waals surface area (Å²) >= 11 is 7.35. The maximum absolute atomic E-state index is 12.6. The van der Waals surface area contributed by atoms with Gasteiger partial charge >= 0.3 is 5.97 Å². The molecule has 0 aromatic carbocycles. The fourth-order valence-corrected chi connectivity index (χ4v) is 8.10. The Morgan fingerprint density at radius 1 is 1.25 bits per heavy atom. The number of rotatable bonds is 4. The van der Waals surface area contributed by atoms with Crippen molar-refractivity contribution in [2.24, 2.45) is 17.3 Å². The molecule has 4 aliphatic carbocycles. The van der Waals surface area contributed by atoms with Crippen LogP contribution in [0.2, 0.25) is 0 Å². The summed E-state index contributed by atoms with van der Waals surface area (Å²) in [6.45, 7) is 0.0447. The van der Waals surface area contributed by atoms with Gasteiger partial charge in [-0.2, -0.15) is 0 Å². The van der Waals surface area contributed by atoms with Crippen LogP contribution in [0.4, 0.5) is 0 Å². The highest BCUT2D eigenvalue weighted by molar-refractivity contribution is 9.10. The van der Waals surface area contributed by atoms with Crippen molar-refractivity contribution in [3.8, 4) is 0 Å². The Kier molecular flexibility index (Phi) is 4.47. The van der Waals surface area contributed by atoms with E-state index in [0.29, 0.717) is 17.8 Å². The van der Waals surface area contributed by atoms with E-state index in [0.717, 1.165) is 35.6 Å². The van der Waals surface area contributed by atoms with Crippen molar-refractivity contribution in [1.29, 1.82) is 0 Å². The van der Waals surface area contributed by atoms with E-state index in [9.17, 15) is 9.59 Å². The molecule has 2 aromatic rings. The van der Waals surface area contributed by atoms with Crippen LogP contribution >= 0.6 is 31.9 Å². The number of hydrogen-bond donors (Lipinski definition) is 0. The summed E-state index contributed by atoms with van der Waals surface area (Å²) in [5, 5.41) is 0. The SMILES string of the molecule is O=C(CC12C[C@H]3C[C@@H](CC(Br)(C3)C1)C2)OCc1cc(=O)n2cc(Br)ccc2n1. The van der Waals surface area contributed by atoms with Gasteiger partial charge in [-0.3, -0.25) is 14.0 Å². The molecule has 28 heavy (non-hydrogen) atoms. The van der Waals surface area contributed by atoms with Crippen molar-refractivity contribution in [1.82, 2.24) is 9.38 Å². The zero-order valence-corrected chi connectivity index (χ0v) is 18.7. The van der Waals surface area contributed by atoms with Crippen LogP contribution < -0.4 is 5.56 Å². The van der Waals surface area contributed by atoms with Gasteiger partial charge in [-0.1, -0.05) is 15.9 Å². The number of ether oxygens (including phenoxy) is 1. The molecule has 0 aliphatic heterocycles. The molecule has 0 amide bonds. The van der Waals surface area contributed by atoms with Crippen LogP contribution in [0, 0.1) is 17.3 Å². The topological polar surface area (TPSA) is 60.7 Å². The molecule has 0 spiro atoms.